The van der Waals surface area contributed by atoms with Crippen LogP contribution in [0.15, 0.2) is 60.1 Å². The summed E-state index contributed by atoms with van der Waals surface area (Å²) >= 11 is 3.46. The highest BCUT2D eigenvalue weighted by atomic mass is 127. The van der Waals surface area contributed by atoms with E-state index in [0.29, 0.717) is 23.1 Å². The Hall–Kier alpha value is -4.67. The van der Waals surface area contributed by atoms with Crippen LogP contribution in [0.4, 0.5) is 24.5 Å². The highest BCUT2D eigenvalue weighted by molar-refractivity contribution is 14.1. The van der Waals surface area contributed by atoms with E-state index in [1.165, 1.54) is 17.0 Å². The standard InChI is InChI=1S/C42H49F3IN7O7S/c1-24-37(61-23-49-24)26-8-6-25(7-9-26)20-48-40(57)33-19-28(54)21-53(33)41(58)38(42(2,3)4)51-34(55)22-59-17-15-47-14-5-16-60-52-39(56)29-11-12-30(43)35(45)36(29)50-32-13-10-27(46)18-31(32)44/h6-13,18,23,28,33,38,47,50,54H,5,14-17,19-22H2,1-4H3,(H,48,57)(H,51,55)(H,52,56). The number of β-amino-alcohol motifs (C(OH)–C–C–N with tert-alkyl or cyclic N) is 1. The van der Waals surface area contributed by atoms with Crippen LogP contribution in [-0.2, 0) is 30.5 Å². The Morgan fingerprint density at radius 1 is 1.02 bits per heavy atom. The lowest BCUT2D eigenvalue weighted by atomic mass is 9.85. The van der Waals surface area contributed by atoms with Crippen molar-refractivity contribution in [2.45, 2.75) is 65.3 Å². The van der Waals surface area contributed by atoms with E-state index < -0.39 is 70.4 Å². The molecule has 0 saturated carbocycles. The van der Waals surface area contributed by atoms with Crippen LogP contribution in [0.2, 0.25) is 0 Å². The van der Waals surface area contributed by atoms with E-state index in [0.717, 1.165) is 33.8 Å². The monoisotopic (exact) mass is 979 g/mol. The lowest BCUT2D eigenvalue weighted by Gasteiger charge is -2.35. The van der Waals surface area contributed by atoms with Gasteiger partial charge in [-0.3, -0.25) is 24.0 Å². The van der Waals surface area contributed by atoms with Crippen LogP contribution >= 0.6 is 33.9 Å². The largest absolute Gasteiger partial charge is 0.391 e. The molecule has 0 spiro atoms. The Bertz CT molecular complexity index is 2170. The summed E-state index contributed by atoms with van der Waals surface area (Å²) in [6.07, 6.45) is -0.408. The first-order chi connectivity index (χ1) is 29.0. The summed E-state index contributed by atoms with van der Waals surface area (Å²) in [6.45, 7) is 8.18. The number of aliphatic hydroxyl groups is 1. The second-order valence-electron chi connectivity index (χ2n) is 15.4. The molecule has 2 heterocycles. The van der Waals surface area contributed by atoms with Crippen molar-refractivity contribution in [3.05, 3.63) is 98.0 Å². The number of benzene rings is 3. The molecule has 1 fully saturated rings. The van der Waals surface area contributed by atoms with Crippen LogP contribution < -0.4 is 26.7 Å². The van der Waals surface area contributed by atoms with Gasteiger partial charge in [-0.2, -0.15) is 0 Å². The minimum Gasteiger partial charge on any atom is -0.391 e. The fourth-order valence-corrected chi connectivity index (χ4v) is 7.71. The van der Waals surface area contributed by atoms with E-state index in [-0.39, 0.29) is 50.6 Å². The smallest absolute Gasteiger partial charge is 0.277 e. The van der Waals surface area contributed by atoms with Gasteiger partial charge in [-0.15, -0.1) is 11.3 Å². The lowest BCUT2D eigenvalue weighted by molar-refractivity contribution is -0.144. The molecule has 0 radical (unpaired) electrons. The number of hydrogen-bond donors (Lipinski definition) is 6. The van der Waals surface area contributed by atoms with E-state index in [1.807, 2.05) is 53.8 Å². The molecule has 1 aromatic heterocycles. The molecule has 1 aliphatic heterocycles. The highest BCUT2D eigenvalue weighted by Gasteiger charge is 2.44. The van der Waals surface area contributed by atoms with Gasteiger partial charge in [-0.1, -0.05) is 45.0 Å². The molecule has 6 N–H and O–H groups in total. The van der Waals surface area contributed by atoms with Gasteiger partial charge in [0.05, 0.1) is 52.3 Å². The zero-order valence-corrected chi connectivity index (χ0v) is 37.1. The minimum atomic E-state index is -1.35. The normalized spacial score (nSPS) is 15.7. The number of hydroxylamine groups is 1. The van der Waals surface area contributed by atoms with E-state index in [9.17, 15) is 37.5 Å². The van der Waals surface area contributed by atoms with Gasteiger partial charge in [0.25, 0.3) is 5.91 Å². The molecule has 328 valence electrons. The molecule has 3 atom stereocenters. The van der Waals surface area contributed by atoms with Crippen molar-refractivity contribution in [1.82, 2.24) is 31.3 Å². The number of nitrogens with one attached hydrogen (secondary N) is 5. The molecule has 61 heavy (non-hydrogen) atoms. The van der Waals surface area contributed by atoms with Gasteiger partial charge >= 0.3 is 0 Å². The van der Waals surface area contributed by atoms with Crippen molar-refractivity contribution in [3.8, 4) is 10.4 Å². The topological polar surface area (TPSA) is 183 Å². The first kappa shape index (κ1) is 47.4. The number of halogens is 4. The Labute approximate surface area is 369 Å². The van der Waals surface area contributed by atoms with Crippen molar-refractivity contribution < 1.29 is 47.0 Å². The van der Waals surface area contributed by atoms with Gasteiger partial charge in [0.1, 0.15) is 24.5 Å². The third kappa shape index (κ3) is 13.2. The summed E-state index contributed by atoms with van der Waals surface area (Å²) in [7, 11) is 0. The van der Waals surface area contributed by atoms with Crippen LogP contribution in [0.25, 0.3) is 10.4 Å². The zero-order chi connectivity index (χ0) is 44.3. The van der Waals surface area contributed by atoms with Crippen LogP contribution in [0.1, 0.15) is 55.2 Å². The summed E-state index contributed by atoms with van der Waals surface area (Å²) in [5, 5.41) is 21.7. The fraction of sp³-hybridized carbons (Fsp3) is 0.405. The number of rotatable bonds is 19. The summed E-state index contributed by atoms with van der Waals surface area (Å²) in [4.78, 5) is 64.8. The average molecular weight is 980 g/mol. The van der Waals surface area contributed by atoms with E-state index in [2.05, 4.69) is 31.7 Å². The molecule has 4 amide bonds. The van der Waals surface area contributed by atoms with Gasteiger partial charge in [-0.05, 0) is 89.4 Å². The van der Waals surface area contributed by atoms with Crippen LogP contribution in [0.5, 0.6) is 0 Å². The molecule has 3 unspecified atom stereocenters. The number of aliphatic hydroxyl groups excluding tert-OH is 1. The third-order valence-electron chi connectivity index (χ3n) is 9.66. The molecule has 0 bridgehead atoms. The molecule has 1 saturated heterocycles. The number of carbonyl (C=O) groups excluding carboxylic acids is 4. The molecule has 4 aromatic rings. The quantitative estimate of drug-likeness (QED) is 0.0407. The maximum absolute atomic E-state index is 14.7. The lowest BCUT2D eigenvalue weighted by Crippen LogP contribution is -2.58. The number of amides is 4. The van der Waals surface area contributed by atoms with Gasteiger partial charge in [0, 0.05) is 29.6 Å². The molecule has 5 rings (SSSR count). The summed E-state index contributed by atoms with van der Waals surface area (Å²) < 4.78 is 49.2. The van der Waals surface area contributed by atoms with Crippen molar-refractivity contribution in [2.75, 3.05) is 44.8 Å². The van der Waals surface area contributed by atoms with Crippen LogP contribution in [0, 0.1) is 33.4 Å². The van der Waals surface area contributed by atoms with Crippen molar-refractivity contribution in [1.29, 1.82) is 0 Å². The zero-order valence-electron chi connectivity index (χ0n) is 34.1. The Balaban J connectivity index is 1.00. The minimum absolute atomic E-state index is 0.0505. The molecule has 14 nitrogen and oxygen atoms in total. The number of thiazole rings is 1. The number of carbonyl (C=O) groups is 4. The maximum Gasteiger partial charge on any atom is 0.277 e. The van der Waals surface area contributed by atoms with E-state index in [4.69, 9.17) is 9.57 Å². The van der Waals surface area contributed by atoms with Crippen molar-refractivity contribution >= 4 is 68.9 Å². The molecule has 0 aliphatic carbocycles. The Morgan fingerprint density at radius 2 is 1.77 bits per heavy atom. The van der Waals surface area contributed by atoms with Gasteiger partial charge in [-0.25, -0.2) is 23.6 Å². The number of ether oxygens (including phenoxy) is 1. The number of hydrogen-bond acceptors (Lipinski definition) is 11. The van der Waals surface area contributed by atoms with E-state index in [1.54, 1.807) is 43.7 Å². The first-order valence-electron chi connectivity index (χ1n) is 19.5. The van der Waals surface area contributed by atoms with Crippen molar-refractivity contribution in [2.24, 2.45) is 5.41 Å². The number of aryl methyl sites for hydroxylation is 1. The molecule has 19 heteroatoms. The highest BCUT2D eigenvalue weighted by Crippen LogP contribution is 2.30. The summed E-state index contributed by atoms with van der Waals surface area (Å²) in [6, 6.07) is 11.8. The first-order valence-corrected chi connectivity index (χ1v) is 21.4. The Kier molecular flexibility index (Phi) is 17.0. The fourth-order valence-electron chi connectivity index (χ4n) is 6.45. The molecule has 3 aromatic carbocycles. The molecular weight excluding hydrogens is 930 g/mol. The molecular formula is C42H49F3IN7O7S. The number of likely N-dealkylation sites (tertiary alicyclic amines) is 1. The molecule has 1 aliphatic rings. The summed E-state index contributed by atoms with van der Waals surface area (Å²) in [5.74, 6) is -5.58. The van der Waals surface area contributed by atoms with Crippen molar-refractivity contribution in [3.63, 3.8) is 0 Å². The number of aromatic nitrogens is 1. The van der Waals surface area contributed by atoms with Crippen LogP contribution in [0.3, 0.4) is 0 Å². The average Bonchev–Trinajstić information content (AvgIpc) is 3.83. The maximum atomic E-state index is 14.7. The number of nitrogens with zero attached hydrogens (tertiary/aromatic N) is 2. The van der Waals surface area contributed by atoms with Gasteiger partial charge in [0.2, 0.25) is 17.7 Å². The predicted molar refractivity (Wildman–Crippen MR) is 232 cm³/mol. The van der Waals surface area contributed by atoms with E-state index >= 15 is 0 Å². The van der Waals surface area contributed by atoms with Gasteiger partial charge in [0.15, 0.2) is 11.6 Å². The Morgan fingerprint density at radius 3 is 2.46 bits per heavy atom. The second-order valence-corrected chi connectivity index (χ2v) is 17.5. The SMILES string of the molecule is Cc1ncsc1-c1ccc(CNC(=O)C2CC(O)CN2C(=O)C(NC(=O)COCCNCCCONC(=O)c2ccc(F)c(F)c2Nc2ccc(I)cc2F)C(C)(C)C)cc1. The second kappa shape index (κ2) is 21.9. The van der Waals surface area contributed by atoms with Gasteiger partial charge < -0.3 is 36.0 Å². The third-order valence-corrected chi connectivity index (χ3v) is 11.3. The van der Waals surface area contributed by atoms with Crippen LogP contribution in [-0.4, -0.2) is 96.3 Å². The number of anilines is 2. The summed E-state index contributed by atoms with van der Waals surface area (Å²) in [5.41, 5.74) is 5.09. The predicted octanol–water partition coefficient (Wildman–Crippen LogP) is 5.35.